The molecule has 3 rings (SSSR count). The smallest absolute Gasteiger partial charge is 0.0130 e. The molecule has 2 atom stereocenters. The number of benzene rings is 1. The van der Waals surface area contributed by atoms with Gasteiger partial charge in [0.15, 0.2) is 0 Å². The van der Waals surface area contributed by atoms with Crippen molar-refractivity contribution in [1.29, 1.82) is 0 Å². The second-order valence-electron chi connectivity index (χ2n) is 6.11. The molecule has 1 nitrogen and oxygen atoms in total. The first-order chi connectivity index (χ1) is 9.38. The lowest BCUT2D eigenvalue weighted by molar-refractivity contribution is 0.345. The third-order valence-electron chi connectivity index (χ3n) is 4.93. The monoisotopic (exact) mass is 255 g/mol. The van der Waals surface area contributed by atoms with Crippen molar-refractivity contribution < 1.29 is 0 Å². The van der Waals surface area contributed by atoms with Crippen molar-refractivity contribution in [3.8, 4) is 0 Å². The quantitative estimate of drug-likeness (QED) is 0.638. The minimum atomic E-state index is 0.748. The second-order valence-corrected chi connectivity index (χ2v) is 6.11. The van der Waals surface area contributed by atoms with E-state index in [2.05, 4.69) is 48.7 Å². The van der Waals surface area contributed by atoms with E-state index in [1.807, 2.05) is 0 Å². The Labute approximate surface area is 117 Å². The summed E-state index contributed by atoms with van der Waals surface area (Å²) in [4.78, 5) is 0. The molecule has 0 aliphatic heterocycles. The van der Waals surface area contributed by atoms with Gasteiger partial charge in [-0.15, -0.1) is 0 Å². The van der Waals surface area contributed by atoms with E-state index < -0.39 is 0 Å². The highest BCUT2D eigenvalue weighted by Gasteiger charge is 2.38. The fourth-order valence-corrected chi connectivity index (χ4v) is 3.98. The Balaban J connectivity index is 1.69. The predicted molar refractivity (Wildman–Crippen MR) is 81.3 cm³/mol. The molecule has 1 N–H and O–H groups in total. The van der Waals surface area contributed by atoms with Crippen LogP contribution in [0.2, 0.25) is 0 Å². The molecular formula is C18H25N. The maximum Gasteiger partial charge on any atom is 0.0130 e. The van der Waals surface area contributed by atoms with E-state index in [4.69, 9.17) is 0 Å². The summed E-state index contributed by atoms with van der Waals surface area (Å²) >= 11 is 0. The average molecular weight is 255 g/mol. The third-order valence-corrected chi connectivity index (χ3v) is 4.93. The van der Waals surface area contributed by atoms with Crippen LogP contribution >= 0.6 is 0 Å². The van der Waals surface area contributed by atoms with Crippen LogP contribution in [0.4, 0.5) is 0 Å². The summed E-state index contributed by atoms with van der Waals surface area (Å²) in [6, 6.07) is 9.83. The van der Waals surface area contributed by atoms with Crippen LogP contribution in [-0.2, 0) is 12.8 Å². The molecule has 0 heterocycles. The van der Waals surface area contributed by atoms with Gasteiger partial charge in [-0.1, -0.05) is 36.4 Å². The minimum Gasteiger partial charge on any atom is -0.313 e. The van der Waals surface area contributed by atoms with Gasteiger partial charge in [-0.2, -0.15) is 0 Å². The van der Waals surface area contributed by atoms with Crippen LogP contribution in [-0.4, -0.2) is 12.6 Å². The van der Waals surface area contributed by atoms with Gasteiger partial charge in [0.2, 0.25) is 0 Å². The van der Waals surface area contributed by atoms with Crippen LogP contribution in [0.3, 0.4) is 0 Å². The molecule has 1 heteroatoms. The van der Waals surface area contributed by atoms with E-state index in [0.717, 1.165) is 24.4 Å². The molecule has 0 amide bonds. The zero-order chi connectivity index (χ0) is 13.1. The lowest BCUT2D eigenvalue weighted by Gasteiger charge is -2.23. The van der Waals surface area contributed by atoms with Gasteiger partial charge in [-0.3, -0.25) is 0 Å². The molecule has 0 saturated heterocycles. The number of hydrogen-bond acceptors (Lipinski definition) is 1. The van der Waals surface area contributed by atoms with E-state index >= 15 is 0 Å². The molecule has 1 saturated carbocycles. The Bertz CT molecular complexity index is 416. The third kappa shape index (κ3) is 2.76. The van der Waals surface area contributed by atoms with Gasteiger partial charge in [-0.25, -0.2) is 0 Å². The molecule has 2 aliphatic rings. The van der Waals surface area contributed by atoms with Crippen molar-refractivity contribution >= 4 is 0 Å². The second kappa shape index (κ2) is 5.92. The zero-order valence-electron chi connectivity index (χ0n) is 11.9. The molecule has 0 radical (unpaired) electrons. The Kier molecular flexibility index (Phi) is 4.03. The average Bonchev–Trinajstić information content (AvgIpc) is 2.70. The van der Waals surface area contributed by atoms with E-state index in [1.54, 1.807) is 11.1 Å². The lowest BCUT2D eigenvalue weighted by Crippen LogP contribution is -2.38. The number of rotatable bonds is 4. The molecule has 0 aromatic heterocycles. The van der Waals surface area contributed by atoms with Crippen LogP contribution < -0.4 is 5.32 Å². The van der Waals surface area contributed by atoms with Gasteiger partial charge in [0.05, 0.1) is 0 Å². The molecule has 1 fully saturated rings. The first-order valence-corrected chi connectivity index (χ1v) is 7.80. The Morgan fingerprint density at radius 2 is 1.74 bits per heavy atom. The largest absolute Gasteiger partial charge is 0.313 e. The van der Waals surface area contributed by atoms with Crippen molar-refractivity contribution in [1.82, 2.24) is 5.32 Å². The Morgan fingerprint density at radius 1 is 1.11 bits per heavy atom. The van der Waals surface area contributed by atoms with Crippen LogP contribution in [0.15, 0.2) is 36.4 Å². The molecule has 19 heavy (non-hydrogen) atoms. The zero-order valence-corrected chi connectivity index (χ0v) is 11.9. The molecular weight excluding hydrogens is 230 g/mol. The van der Waals surface area contributed by atoms with Gasteiger partial charge in [0.1, 0.15) is 0 Å². The highest BCUT2D eigenvalue weighted by atomic mass is 14.9. The van der Waals surface area contributed by atoms with E-state index in [0.29, 0.717) is 0 Å². The topological polar surface area (TPSA) is 12.0 Å². The predicted octanol–water partition coefficient (Wildman–Crippen LogP) is 3.74. The SMILES string of the molecule is C/C=C/CCNC1C2CCC1Cc1ccccc1C2. The summed E-state index contributed by atoms with van der Waals surface area (Å²) in [5, 5.41) is 3.84. The summed E-state index contributed by atoms with van der Waals surface area (Å²) in [6.45, 7) is 3.24. The Hall–Kier alpha value is -1.08. The molecule has 2 unspecified atom stereocenters. The summed E-state index contributed by atoms with van der Waals surface area (Å²) in [5.74, 6) is 1.72. The first-order valence-electron chi connectivity index (χ1n) is 7.80. The van der Waals surface area contributed by atoms with Gasteiger partial charge in [0.25, 0.3) is 0 Å². The van der Waals surface area contributed by atoms with Gasteiger partial charge < -0.3 is 5.32 Å². The maximum atomic E-state index is 3.84. The summed E-state index contributed by atoms with van der Waals surface area (Å²) in [6.07, 6.45) is 11.0. The van der Waals surface area contributed by atoms with Crippen molar-refractivity contribution in [2.24, 2.45) is 11.8 Å². The highest BCUT2D eigenvalue weighted by molar-refractivity contribution is 5.30. The van der Waals surface area contributed by atoms with E-state index in [-0.39, 0.29) is 0 Å². The normalized spacial score (nSPS) is 29.4. The summed E-state index contributed by atoms with van der Waals surface area (Å²) in [7, 11) is 0. The highest BCUT2D eigenvalue weighted by Crippen LogP contribution is 2.39. The van der Waals surface area contributed by atoms with Crippen LogP contribution in [0.25, 0.3) is 0 Å². The van der Waals surface area contributed by atoms with Crippen molar-refractivity contribution in [2.75, 3.05) is 6.54 Å². The van der Waals surface area contributed by atoms with Crippen molar-refractivity contribution in [2.45, 2.75) is 45.1 Å². The van der Waals surface area contributed by atoms with Crippen molar-refractivity contribution in [3.63, 3.8) is 0 Å². The summed E-state index contributed by atoms with van der Waals surface area (Å²) in [5.41, 5.74) is 3.21. The molecule has 1 aromatic rings. The first kappa shape index (κ1) is 12.9. The lowest BCUT2D eigenvalue weighted by atomic mass is 9.94. The summed E-state index contributed by atoms with van der Waals surface area (Å²) < 4.78 is 0. The molecule has 1 aromatic carbocycles. The van der Waals surface area contributed by atoms with Gasteiger partial charge in [0, 0.05) is 6.04 Å². The van der Waals surface area contributed by atoms with Crippen LogP contribution in [0.1, 0.15) is 37.3 Å². The fourth-order valence-electron chi connectivity index (χ4n) is 3.98. The van der Waals surface area contributed by atoms with Gasteiger partial charge >= 0.3 is 0 Å². The van der Waals surface area contributed by atoms with E-state index in [1.165, 1.54) is 32.1 Å². The molecule has 2 aliphatic carbocycles. The minimum absolute atomic E-state index is 0.748. The number of hydrogen-bond donors (Lipinski definition) is 1. The Morgan fingerprint density at radius 3 is 2.32 bits per heavy atom. The molecule has 0 spiro atoms. The maximum absolute atomic E-state index is 3.84. The van der Waals surface area contributed by atoms with Crippen LogP contribution in [0.5, 0.6) is 0 Å². The van der Waals surface area contributed by atoms with Gasteiger partial charge in [-0.05, 0) is 68.5 Å². The van der Waals surface area contributed by atoms with E-state index in [9.17, 15) is 0 Å². The molecule has 102 valence electrons. The number of nitrogens with one attached hydrogen (secondary N) is 1. The fraction of sp³-hybridized carbons (Fsp3) is 0.556. The van der Waals surface area contributed by atoms with Crippen LogP contribution in [0, 0.1) is 11.8 Å². The molecule has 2 bridgehead atoms. The number of allylic oxidation sites excluding steroid dienone is 1. The number of fused-ring (bicyclic) bond motifs is 3. The standard InChI is InChI=1S/C18H25N/c1-2-3-6-11-19-18-16-9-10-17(18)13-15-8-5-4-7-14(15)12-16/h2-5,7-8,16-19H,6,9-13H2,1H3/b3-2+. The van der Waals surface area contributed by atoms with Crippen molar-refractivity contribution in [3.05, 3.63) is 47.5 Å².